The zero-order valence-electron chi connectivity index (χ0n) is 12.0. The van der Waals surface area contributed by atoms with E-state index in [2.05, 4.69) is 42.5 Å². The molecule has 2 rings (SSSR count). The Morgan fingerprint density at radius 3 is 2.68 bits per heavy atom. The molecule has 19 heavy (non-hydrogen) atoms. The van der Waals surface area contributed by atoms with Crippen LogP contribution in [0, 0.1) is 5.92 Å². The maximum absolute atomic E-state index is 6.27. The first-order chi connectivity index (χ1) is 9.10. The molecule has 0 bridgehead atoms. The number of aryl methyl sites for hydroxylation is 1. The van der Waals surface area contributed by atoms with Crippen molar-refractivity contribution >= 4 is 11.3 Å². The number of nitrogens with two attached hydrogens (primary N) is 1. The molecule has 2 aromatic rings. The highest BCUT2D eigenvalue weighted by atomic mass is 32.1. The van der Waals surface area contributed by atoms with Crippen LogP contribution in [0.15, 0.2) is 24.7 Å². The Labute approximate surface area is 119 Å². The lowest BCUT2D eigenvalue weighted by Crippen LogP contribution is -2.17. The van der Waals surface area contributed by atoms with Gasteiger partial charge in [0.2, 0.25) is 0 Å². The molecule has 0 aliphatic carbocycles. The van der Waals surface area contributed by atoms with Crippen LogP contribution in [0.1, 0.15) is 48.7 Å². The van der Waals surface area contributed by atoms with Crippen molar-refractivity contribution in [3.63, 3.8) is 0 Å². The SMILES string of the molecule is CCc1ccc(Cn2cncc2C(N)CC(C)C)s1. The number of thiophene rings is 1. The summed E-state index contributed by atoms with van der Waals surface area (Å²) < 4.78 is 2.18. The van der Waals surface area contributed by atoms with Crippen molar-refractivity contribution in [3.05, 3.63) is 40.1 Å². The molecule has 2 N–H and O–H groups in total. The Hall–Kier alpha value is -1.13. The Morgan fingerprint density at radius 1 is 1.32 bits per heavy atom. The van der Waals surface area contributed by atoms with E-state index in [9.17, 15) is 0 Å². The van der Waals surface area contributed by atoms with Crippen LogP contribution >= 0.6 is 11.3 Å². The molecule has 0 aliphatic heterocycles. The summed E-state index contributed by atoms with van der Waals surface area (Å²) in [7, 11) is 0. The van der Waals surface area contributed by atoms with Crippen LogP contribution < -0.4 is 5.73 Å². The predicted molar refractivity (Wildman–Crippen MR) is 81.4 cm³/mol. The molecule has 0 fully saturated rings. The average Bonchev–Trinajstić information content (AvgIpc) is 2.97. The first kappa shape index (κ1) is 14.3. The van der Waals surface area contributed by atoms with Crippen LogP contribution in [0.5, 0.6) is 0 Å². The third kappa shape index (κ3) is 3.67. The molecule has 0 aromatic carbocycles. The van der Waals surface area contributed by atoms with Gasteiger partial charge in [0.1, 0.15) is 0 Å². The van der Waals surface area contributed by atoms with E-state index in [0.717, 1.165) is 25.1 Å². The molecule has 0 radical (unpaired) electrons. The summed E-state index contributed by atoms with van der Waals surface area (Å²) in [5.74, 6) is 0.604. The van der Waals surface area contributed by atoms with Gasteiger partial charge in [-0.3, -0.25) is 0 Å². The lowest BCUT2D eigenvalue weighted by atomic mass is 10.0. The summed E-state index contributed by atoms with van der Waals surface area (Å²) in [6.45, 7) is 7.48. The fraction of sp³-hybridized carbons (Fsp3) is 0.533. The number of nitrogens with zero attached hydrogens (tertiary/aromatic N) is 2. The summed E-state index contributed by atoms with van der Waals surface area (Å²) >= 11 is 1.88. The maximum Gasteiger partial charge on any atom is 0.0952 e. The molecule has 3 nitrogen and oxygen atoms in total. The van der Waals surface area contributed by atoms with Gasteiger partial charge in [-0.15, -0.1) is 11.3 Å². The largest absolute Gasteiger partial charge is 0.328 e. The molecule has 0 saturated heterocycles. The van der Waals surface area contributed by atoms with Gasteiger partial charge in [-0.1, -0.05) is 20.8 Å². The van der Waals surface area contributed by atoms with E-state index in [1.807, 2.05) is 23.9 Å². The van der Waals surface area contributed by atoms with Crippen LogP contribution in [0.2, 0.25) is 0 Å². The molecule has 0 spiro atoms. The molecule has 1 unspecified atom stereocenters. The molecule has 2 heterocycles. The second-order valence-corrected chi connectivity index (χ2v) is 6.66. The smallest absolute Gasteiger partial charge is 0.0952 e. The van der Waals surface area contributed by atoms with Crippen LogP contribution in [-0.4, -0.2) is 9.55 Å². The average molecular weight is 277 g/mol. The Bertz CT molecular complexity index is 513. The van der Waals surface area contributed by atoms with Crippen molar-refractivity contribution in [3.8, 4) is 0 Å². The molecule has 0 amide bonds. The minimum Gasteiger partial charge on any atom is -0.328 e. The molecule has 104 valence electrons. The van der Waals surface area contributed by atoms with Crippen LogP contribution in [0.25, 0.3) is 0 Å². The normalized spacial score (nSPS) is 13.1. The van der Waals surface area contributed by atoms with Gasteiger partial charge >= 0.3 is 0 Å². The summed E-state index contributed by atoms with van der Waals surface area (Å²) in [5.41, 5.74) is 7.41. The highest BCUT2D eigenvalue weighted by molar-refractivity contribution is 7.11. The first-order valence-corrected chi connectivity index (χ1v) is 7.75. The number of imidazole rings is 1. The van der Waals surface area contributed by atoms with Crippen molar-refractivity contribution in [2.24, 2.45) is 11.7 Å². The van der Waals surface area contributed by atoms with E-state index in [4.69, 9.17) is 5.73 Å². The highest BCUT2D eigenvalue weighted by Crippen LogP contribution is 2.22. The number of rotatable bonds is 6. The van der Waals surface area contributed by atoms with Gasteiger partial charge < -0.3 is 10.3 Å². The zero-order valence-corrected chi connectivity index (χ0v) is 12.8. The van der Waals surface area contributed by atoms with E-state index in [1.54, 1.807) is 0 Å². The molecule has 0 saturated carbocycles. The lowest BCUT2D eigenvalue weighted by molar-refractivity contribution is 0.489. The molecule has 1 atom stereocenters. The van der Waals surface area contributed by atoms with Crippen molar-refractivity contribution in [2.45, 2.75) is 46.2 Å². The zero-order chi connectivity index (χ0) is 13.8. The standard InChI is InChI=1S/C15H23N3S/c1-4-12-5-6-13(19-12)9-18-10-17-8-15(18)14(16)7-11(2)3/h5-6,8,10-11,14H,4,7,9,16H2,1-3H3. The van der Waals surface area contributed by atoms with E-state index in [0.29, 0.717) is 5.92 Å². The van der Waals surface area contributed by atoms with Gasteiger partial charge in [0.15, 0.2) is 0 Å². The number of hydrogen-bond donors (Lipinski definition) is 1. The summed E-state index contributed by atoms with van der Waals surface area (Å²) in [5, 5.41) is 0. The minimum atomic E-state index is 0.0770. The van der Waals surface area contributed by atoms with Gasteiger partial charge in [0, 0.05) is 22.0 Å². The maximum atomic E-state index is 6.27. The van der Waals surface area contributed by atoms with E-state index in [-0.39, 0.29) is 6.04 Å². The van der Waals surface area contributed by atoms with Gasteiger partial charge in [0.25, 0.3) is 0 Å². The minimum absolute atomic E-state index is 0.0770. The van der Waals surface area contributed by atoms with Gasteiger partial charge in [-0.2, -0.15) is 0 Å². The summed E-state index contributed by atoms with van der Waals surface area (Å²) in [6.07, 6.45) is 5.90. The van der Waals surface area contributed by atoms with E-state index < -0.39 is 0 Å². The van der Waals surface area contributed by atoms with E-state index in [1.165, 1.54) is 9.75 Å². The fourth-order valence-corrected chi connectivity index (χ4v) is 3.22. The van der Waals surface area contributed by atoms with E-state index >= 15 is 0 Å². The summed E-state index contributed by atoms with van der Waals surface area (Å²) in [6, 6.07) is 4.50. The second-order valence-electron chi connectivity index (χ2n) is 5.40. The second kappa shape index (κ2) is 6.35. The first-order valence-electron chi connectivity index (χ1n) is 6.93. The van der Waals surface area contributed by atoms with Gasteiger partial charge in [-0.05, 0) is 30.9 Å². The Kier molecular flexibility index (Phi) is 4.77. The molecule has 0 aliphatic rings. The summed E-state index contributed by atoms with van der Waals surface area (Å²) in [4.78, 5) is 7.06. The van der Waals surface area contributed by atoms with Gasteiger partial charge in [0.05, 0.1) is 18.6 Å². The van der Waals surface area contributed by atoms with Crippen molar-refractivity contribution in [1.82, 2.24) is 9.55 Å². The van der Waals surface area contributed by atoms with Crippen LogP contribution in [0.4, 0.5) is 0 Å². The number of hydrogen-bond acceptors (Lipinski definition) is 3. The third-order valence-electron chi connectivity index (χ3n) is 3.24. The van der Waals surface area contributed by atoms with Crippen molar-refractivity contribution < 1.29 is 0 Å². The van der Waals surface area contributed by atoms with Crippen LogP contribution in [-0.2, 0) is 13.0 Å². The monoisotopic (exact) mass is 277 g/mol. The molecule has 4 heteroatoms. The molecule has 2 aromatic heterocycles. The van der Waals surface area contributed by atoms with Crippen molar-refractivity contribution in [2.75, 3.05) is 0 Å². The quantitative estimate of drug-likeness (QED) is 0.876. The highest BCUT2D eigenvalue weighted by Gasteiger charge is 2.13. The Balaban J connectivity index is 2.10. The molecular formula is C15H23N3S. The predicted octanol–water partition coefficient (Wildman–Crippen LogP) is 3.60. The van der Waals surface area contributed by atoms with Crippen molar-refractivity contribution in [1.29, 1.82) is 0 Å². The topological polar surface area (TPSA) is 43.8 Å². The molecular weight excluding hydrogens is 254 g/mol. The fourth-order valence-electron chi connectivity index (χ4n) is 2.27. The third-order valence-corrected chi connectivity index (χ3v) is 4.46. The van der Waals surface area contributed by atoms with Crippen LogP contribution in [0.3, 0.4) is 0 Å². The Morgan fingerprint density at radius 2 is 2.05 bits per heavy atom. The number of aromatic nitrogens is 2. The lowest BCUT2D eigenvalue weighted by Gasteiger charge is -2.16. The van der Waals surface area contributed by atoms with Gasteiger partial charge in [-0.25, -0.2) is 4.98 Å².